The number of hydrogen-bond acceptors (Lipinski definition) is 3. The number of aromatic nitrogens is 1. The average molecular weight is 532 g/mol. The van der Waals surface area contributed by atoms with Crippen molar-refractivity contribution in [1.29, 1.82) is 0 Å². The van der Waals surface area contributed by atoms with Crippen LogP contribution in [0.4, 0.5) is 0 Å². The van der Waals surface area contributed by atoms with E-state index in [0.29, 0.717) is 37.7 Å². The molecule has 1 heterocycles. The van der Waals surface area contributed by atoms with E-state index in [1.807, 2.05) is 54.7 Å². The van der Waals surface area contributed by atoms with Gasteiger partial charge in [-0.25, -0.2) is 0 Å². The zero-order valence-electron chi connectivity index (χ0n) is 24.5. The van der Waals surface area contributed by atoms with E-state index in [1.54, 1.807) is 16.9 Å². The van der Waals surface area contributed by atoms with Gasteiger partial charge < -0.3 is 19.1 Å². The van der Waals surface area contributed by atoms with Gasteiger partial charge in [0.2, 0.25) is 5.91 Å². The molecule has 0 atom stereocenters. The van der Waals surface area contributed by atoms with Gasteiger partial charge in [0.05, 0.1) is 13.2 Å². The summed E-state index contributed by atoms with van der Waals surface area (Å²) in [5.41, 5.74) is 4.04. The van der Waals surface area contributed by atoms with Gasteiger partial charge in [-0.05, 0) is 53.1 Å². The van der Waals surface area contributed by atoms with Gasteiger partial charge in [-0.3, -0.25) is 9.59 Å². The number of carbonyl (C=O) groups excluding carboxylic acids is 2. The molecule has 1 aromatic heterocycles. The Kier molecular flexibility index (Phi) is 10.9. The van der Waals surface area contributed by atoms with Gasteiger partial charge in [-0.1, -0.05) is 77.1 Å². The Morgan fingerprint density at radius 3 is 2.21 bits per heavy atom. The first kappa shape index (κ1) is 30.2. The minimum Gasteiger partial charge on any atom is -0.383 e. The van der Waals surface area contributed by atoms with Crippen molar-refractivity contribution in [1.82, 2.24) is 14.4 Å². The molecule has 0 aliphatic heterocycles. The van der Waals surface area contributed by atoms with Gasteiger partial charge in [0, 0.05) is 44.2 Å². The van der Waals surface area contributed by atoms with Gasteiger partial charge >= 0.3 is 0 Å². The predicted molar refractivity (Wildman–Crippen MR) is 158 cm³/mol. The molecule has 0 aliphatic carbocycles. The topological polar surface area (TPSA) is 54.8 Å². The Morgan fingerprint density at radius 1 is 0.897 bits per heavy atom. The summed E-state index contributed by atoms with van der Waals surface area (Å²) >= 11 is 0. The van der Waals surface area contributed by atoms with E-state index < -0.39 is 0 Å². The van der Waals surface area contributed by atoms with Gasteiger partial charge in [0.15, 0.2) is 0 Å². The fraction of sp³-hybridized carbons (Fsp3) is 0.455. The second-order valence-corrected chi connectivity index (χ2v) is 11.7. The maximum Gasteiger partial charge on any atom is 0.254 e. The summed E-state index contributed by atoms with van der Waals surface area (Å²) in [6.07, 6.45) is 2.87. The number of ether oxygens (including phenoxy) is 1. The molecule has 0 bridgehead atoms. The van der Waals surface area contributed by atoms with Crippen molar-refractivity contribution >= 4 is 11.8 Å². The molecule has 2 amide bonds. The Morgan fingerprint density at radius 2 is 1.59 bits per heavy atom. The molecule has 0 unspecified atom stereocenters. The maximum atomic E-state index is 13.7. The first-order valence-corrected chi connectivity index (χ1v) is 13.9. The molecular weight excluding hydrogens is 486 g/mol. The quantitative estimate of drug-likeness (QED) is 0.272. The second-order valence-electron chi connectivity index (χ2n) is 11.7. The molecule has 39 heavy (non-hydrogen) atoms. The molecule has 0 aliphatic rings. The highest BCUT2D eigenvalue weighted by molar-refractivity contribution is 5.96. The Bertz CT molecular complexity index is 1180. The van der Waals surface area contributed by atoms with Gasteiger partial charge in [0.25, 0.3) is 5.91 Å². The molecule has 210 valence electrons. The third-order valence-electron chi connectivity index (χ3n) is 6.98. The van der Waals surface area contributed by atoms with Crippen LogP contribution in [0.5, 0.6) is 0 Å². The van der Waals surface area contributed by atoms with E-state index in [9.17, 15) is 9.59 Å². The van der Waals surface area contributed by atoms with E-state index in [4.69, 9.17) is 4.74 Å². The molecule has 0 spiro atoms. The minimum absolute atomic E-state index is 0.00883. The van der Waals surface area contributed by atoms with Crippen LogP contribution in [0.2, 0.25) is 0 Å². The van der Waals surface area contributed by atoms with Crippen molar-refractivity contribution in [3.63, 3.8) is 0 Å². The fourth-order valence-corrected chi connectivity index (χ4v) is 4.44. The van der Waals surface area contributed by atoms with Gasteiger partial charge in [0.1, 0.15) is 6.54 Å². The molecule has 6 heteroatoms. The van der Waals surface area contributed by atoms with Crippen LogP contribution in [0.25, 0.3) is 0 Å². The van der Waals surface area contributed by atoms with Crippen LogP contribution in [-0.4, -0.2) is 59.5 Å². The lowest BCUT2D eigenvalue weighted by molar-refractivity contribution is -0.133. The lowest BCUT2D eigenvalue weighted by atomic mass is 9.86. The molecule has 6 nitrogen and oxygen atoms in total. The Labute approximate surface area is 234 Å². The van der Waals surface area contributed by atoms with Crippen LogP contribution in [0, 0.1) is 5.92 Å². The van der Waals surface area contributed by atoms with Crippen molar-refractivity contribution in [3.05, 3.63) is 95.3 Å². The van der Waals surface area contributed by atoms with Crippen LogP contribution in [-0.2, 0) is 28.0 Å². The number of methoxy groups -OCH3 is 1. The standard InChI is InChI=1S/C33H45N3O3/c1-26(2)18-20-36(32(38)28-14-16-29(17-15-28)33(3,4)5)25-31(37)35(21-22-39-6)24-30-13-10-19-34(30)23-27-11-8-7-9-12-27/h7-17,19,26H,18,20-25H2,1-6H3. The zero-order chi connectivity index (χ0) is 28.4. The number of benzene rings is 2. The average Bonchev–Trinajstić information content (AvgIpc) is 3.34. The second kappa shape index (κ2) is 14.1. The first-order chi connectivity index (χ1) is 18.6. The molecule has 0 N–H and O–H groups in total. The van der Waals surface area contributed by atoms with Crippen LogP contribution >= 0.6 is 0 Å². The summed E-state index contributed by atoms with van der Waals surface area (Å²) in [6, 6.07) is 22.1. The maximum absolute atomic E-state index is 13.7. The lowest BCUT2D eigenvalue weighted by Crippen LogP contribution is -2.44. The van der Waals surface area contributed by atoms with Gasteiger partial charge in [-0.2, -0.15) is 0 Å². The number of rotatable bonds is 13. The third-order valence-corrected chi connectivity index (χ3v) is 6.98. The number of amides is 2. The molecule has 0 saturated carbocycles. The van der Waals surface area contributed by atoms with Gasteiger partial charge in [-0.15, -0.1) is 0 Å². The van der Waals surface area contributed by atoms with E-state index in [1.165, 1.54) is 11.1 Å². The summed E-state index contributed by atoms with van der Waals surface area (Å²) in [5.74, 6) is 0.232. The Hall–Kier alpha value is -3.38. The van der Waals surface area contributed by atoms with Crippen LogP contribution in [0.1, 0.15) is 68.2 Å². The van der Waals surface area contributed by atoms with Crippen molar-refractivity contribution in [2.75, 3.05) is 33.4 Å². The summed E-state index contributed by atoms with van der Waals surface area (Å²) < 4.78 is 7.49. The molecule has 0 fully saturated rings. The molecular formula is C33H45N3O3. The van der Waals surface area contributed by atoms with E-state index in [-0.39, 0.29) is 23.8 Å². The SMILES string of the molecule is COCCN(Cc1cccn1Cc1ccccc1)C(=O)CN(CCC(C)C)C(=O)c1ccc(C(C)(C)C)cc1. The minimum atomic E-state index is -0.108. The smallest absolute Gasteiger partial charge is 0.254 e. The number of carbonyl (C=O) groups is 2. The van der Waals surface area contributed by atoms with Crippen molar-refractivity contribution < 1.29 is 14.3 Å². The van der Waals surface area contributed by atoms with Crippen LogP contribution in [0.3, 0.4) is 0 Å². The van der Waals surface area contributed by atoms with Crippen LogP contribution in [0.15, 0.2) is 72.9 Å². The summed E-state index contributed by atoms with van der Waals surface area (Å²) in [5, 5.41) is 0. The highest BCUT2D eigenvalue weighted by atomic mass is 16.5. The van der Waals surface area contributed by atoms with E-state index in [2.05, 4.69) is 57.4 Å². The third kappa shape index (κ3) is 9.10. The Balaban J connectivity index is 1.78. The summed E-state index contributed by atoms with van der Waals surface area (Å²) in [6.45, 7) is 13.4. The monoisotopic (exact) mass is 531 g/mol. The van der Waals surface area contributed by atoms with E-state index in [0.717, 1.165) is 18.7 Å². The molecule has 3 aromatic rings. The largest absolute Gasteiger partial charge is 0.383 e. The highest BCUT2D eigenvalue weighted by Gasteiger charge is 2.24. The lowest BCUT2D eigenvalue weighted by Gasteiger charge is -2.29. The van der Waals surface area contributed by atoms with Crippen molar-refractivity contribution in [2.45, 2.75) is 59.5 Å². The highest BCUT2D eigenvalue weighted by Crippen LogP contribution is 2.23. The summed E-state index contributed by atoms with van der Waals surface area (Å²) in [4.78, 5) is 30.8. The zero-order valence-corrected chi connectivity index (χ0v) is 24.5. The predicted octanol–water partition coefficient (Wildman–Crippen LogP) is 6.00. The van der Waals surface area contributed by atoms with Crippen molar-refractivity contribution in [2.24, 2.45) is 5.92 Å². The molecule has 0 saturated heterocycles. The van der Waals surface area contributed by atoms with Crippen LogP contribution < -0.4 is 0 Å². The van der Waals surface area contributed by atoms with Crippen molar-refractivity contribution in [3.8, 4) is 0 Å². The molecule has 3 rings (SSSR count). The molecule has 2 aromatic carbocycles. The fourth-order valence-electron chi connectivity index (χ4n) is 4.44. The normalized spacial score (nSPS) is 11.6. The summed E-state index contributed by atoms with van der Waals surface area (Å²) in [7, 11) is 1.64. The van der Waals surface area contributed by atoms with E-state index >= 15 is 0 Å². The number of nitrogens with zero attached hydrogens (tertiary/aromatic N) is 3. The molecule has 0 radical (unpaired) electrons. The first-order valence-electron chi connectivity index (χ1n) is 13.9. The number of hydrogen-bond donors (Lipinski definition) is 0.